The van der Waals surface area contributed by atoms with E-state index in [9.17, 15) is 0 Å². The van der Waals surface area contributed by atoms with Crippen LogP contribution in [0, 0.1) is 0 Å². The maximum Gasteiger partial charge on any atom is 0.0219 e. The van der Waals surface area contributed by atoms with E-state index in [2.05, 4.69) is 49.1 Å². The average molecular weight is 232 g/mol. The van der Waals surface area contributed by atoms with E-state index in [0.717, 1.165) is 32.4 Å². The van der Waals surface area contributed by atoms with Crippen molar-refractivity contribution in [1.82, 2.24) is 4.90 Å². The zero-order valence-corrected chi connectivity index (χ0v) is 11.0. The molecule has 0 aliphatic carbocycles. The van der Waals surface area contributed by atoms with E-state index in [4.69, 9.17) is 5.73 Å². The number of rotatable bonds is 3. The van der Waals surface area contributed by atoms with Crippen molar-refractivity contribution in [2.24, 2.45) is 5.73 Å². The van der Waals surface area contributed by atoms with Gasteiger partial charge in [0.2, 0.25) is 0 Å². The standard InChI is InChI=1S/C15H24N2/c1-13(2)17-10-8-15(16,9-11-17)12-14-6-4-3-5-7-14/h3-7,13H,8-12,16H2,1-2H3. The number of hydrogen-bond acceptors (Lipinski definition) is 2. The molecule has 94 valence electrons. The first-order valence-electron chi connectivity index (χ1n) is 6.66. The van der Waals surface area contributed by atoms with Gasteiger partial charge in [-0.1, -0.05) is 30.3 Å². The zero-order valence-electron chi connectivity index (χ0n) is 11.0. The molecule has 2 nitrogen and oxygen atoms in total. The molecule has 1 heterocycles. The van der Waals surface area contributed by atoms with Crippen LogP contribution in [0.3, 0.4) is 0 Å². The summed E-state index contributed by atoms with van der Waals surface area (Å²) in [4.78, 5) is 2.52. The van der Waals surface area contributed by atoms with Gasteiger partial charge in [0, 0.05) is 24.7 Å². The first-order valence-corrected chi connectivity index (χ1v) is 6.66. The lowest BCUT2D eigenvalue weighted by molar-refractivity contribution is 0.131. The highest BCUT2D eigenvalue weighted by Gasteiger charge is 2.31. The predicted molar refractivity (Wildman–Crippen MR) is 73.0 cm³/mol. The van der Waals surface area contributed by atoms with Crippen LogP contribution in [0.15, 0.2) is 30.3 Å². The number of nitrogens with two attached hydrogens (primary N) is 1. The van der Waals surface area contributed by atoms with Crippen LogP contribution in [0.2, 0.25) is 0 Å². The minimum atomic E-state index is 0.00669. The lowest BCUT2D eigenvalue weighted by Gasteiger charge is -2.41. The summed E-state index contributed by atoms with van der Waals surface area (Å²) in [6.45, 7) is 6.81. The van der Waals surface area contributed by atoms with Crippen LogP contribution in [0.4, 0.5) is 0 Å². The molecule has 1 aliphatic heterocycles. The molecule has 17 heavy (non-hydrogen) atoms. The molecule has 0 spiro atoms. The largest absolute Gasteiger partial charge is 0.325 e. The summed E-state index contributed by atoms with van der Waals surface area (Å²) in [7, 11) is 0. The van der Waals surface area contributed by atoms with Crippen LogP contribution >= 0.6 is 0 Å². The number of likely N-dealkylation sites (tertiary alicyclic amines) is 1. The Hall–Kier alpha value is -0.860. The molecule has 1 aromatic rings. The van der Waals surface area contributed by atoms with Gasteiger partial charge in [-0.3, -0.25) is 0 Å². The molecule has 2 heteroatoms. The van der Waals surface area contributed by atoms with Crippen molar-refractivity contribution in [2.75, 3.05) is 13.1 Å². The summed E-state index contributed by atoms with van der Waals surface area (Å²) < 4.78 is 0. The van der Waals surface area contributed by atoms with E-state index >= 15 is 0 Å². The Morgan fingerprint density at radius 2 is 1.76 bits per heavy atom. The van der Waals surface area contributed by atoms with Crippen molar-refractivity contribution in [3.63, 3.8) is 0 Å². The first-order chi connectivity index (χ1) is 8.09. The van der Waals surface area contributed by atoms with Crippen molar-refractivity contribution in [1.29, 1.82) is 0 Å². The van der Waals surface area contributed by atoms with Crippen LogP contribution in [-0.4, -0.2) is 29.6 Å². The second-order valence-corrected chi connectivity index (χ2v) is 5.65. The van der Waals surface area contributed by atoms with E-state index in [1.165, 1.54) is 5.56 Å². The molecule has 0 atom stereocenters. The number of hydrogen-bond donors (Lipinski definition) is 1. The molecule has 2 rings (SSSR count). The Balaban J connectivity index is 1.94. The Bertz CT molecular complexity index is 337. The third-order valence-electron chi connectivity index (χ3n) is 3.92. The topological polar surface area (TPSA) is 29.3 Å². The number of benzene rings is 1. The lowest BCUT2D eigenvalue weighted by Crippen LogP contribution is -2.53. The fourth-order valence-corrected chi connectivity index (χ4v) is 2.66. The maximum absolute atomic E-state index is 6.53. The molecule has 1 fully saturated rings. The summed E-state index contributed by atoms with van der Waals surface area (Å²) in [5.41, 5.74) is 7.90. The van der Waals surface area contributed by atoms with Gasteiger partial charge in [0.15, 0.2) is 0 Å². The fraction of sp³-hybridized carbons (Fsp3) is 0.600. The molecule has 1 aliphatic rings. The first kappa shape index (κ1) is 12.6. The minimum absolute atomic E-state index is 0.00669. The summed E-state index contributed by atoms with van der Waals surface area (Å²) >= 11 is 0. The molecule has 1 aromatic carbocycles. The Morgan fingerprint density at radius 3 is 2.29 bits per heavy atom. The van der Waals surface area contributed by atoms with Gasteiger partial charge < -0.3 is 10.6 Å². The van der Waals surface area contributed by atoms with Crippen molar-refractivity contribution in [3.8, 4) is 0 Å². The van der Waals surface area contributed by atoms with Crippen LogP contribution in [-0.2, 0) is 6.42 Å². The van der Waals surface area contributed by atoms with E-state index in [1.807, 2.05) is 0 Å². The van der Waals surface area contributed by atoms with Gasteiger partial charge >= 0.3 is 0 Å². The van der Waals surface area contributed by atoms with Crippen LogP contribution in [0.25, 0.3) is 0 Å². The van der Waals surface area contributed by atoms with Gasteiger partial charge in [0.25, 0.3) is 0 Å². The zero-order chi connectivity index (χ0) is 12.3. The molecule has 2 N–H and O–H groups in total. The third-order valence-corrected chi connectivity index (χ3v) is 3.92. The van der Waals surface area contributed by atoms with Crippen LogP contribution in [0.5, 0.6) is 0 Å². The van der Waals surface area contributed by atoms with Crippen LogP contribution in [0.1, 0.15) is 32.3 Å². The highest BCUT2D eigenvalue weighted by Crippen LogP contribution is 2.24. The van der Waals surface area contributed by atoms with Gasteiger partial charge in [0.1, 0.15) is 0 Å². The highest BCUT2D eigenvalue weighted by molar-refractivity contribution is 5.18. The van der Waals surface area contributed by atoms with Crippen molar-refractivity contribution in [2.45, 2.75) is 44.7 Å². The smallest absolute Gasteiger partial charge is 0.0219 e. The monoisotopic (exact) mass is 232 g/mol. The highest BCUT2D eigenvalue weighted by atomic mass is 15.2. The molecule has 0 radical (unpaired) electrons. The van der Waals surface area contributed by atoms with Crippen molar-refractivity contribution in [3.05, 3.63) is 35.9 Å². The average Bonchev–Trinajstić information content (AvgIpc) is 2.30. The van der Waals surface area contributed by atoms with E-state index < -0.39 is 0 Å². The Labute approximate surface area is 105 Å². The summed E-state index contributed by atoms with van der Waals surface area (Å²) in [6.07, 6.45) is 3.24. The predicted octanol–water partition coefficient (Wildman–Crippen LogP) is 2.43. The maximum atomic E-state index is 6.53. The Morgan fingerprint density at radius 1 is 1.18 bits per heavy atom. The minimum Gasteiger partial charge on any atom is -0.325 e. The normalized spacial score (nSPS) is 20.7. The summed E-state index contributed by atoms with van der Waals surface area (Å²) in [6, 6.07) is 11.3. The van der Waals surface area contributed by atoms with Gasteiger partial charge in [-0.15, -0.1) is 0 Å². The lowest BCUT2D eigenvalue weighted by atomic mass is 9.82. The van der Waals surface area contributed by atoms with Gasteiger partial charge in [-0.25, -0.2) is 0 Å². The quantitative estimate of drug-likeness (QED) is 0.867. The second-order valence-electron chi connectivity index (χ2n) is 5.65. The van der Waals surface area contributed by atoms with Crippen LogP contribution < -0.4 is 5.73 Å². The third kappa shape index (κ3) is 3.30. The Kier molecular flexibility index (Phi) is 3.85. The van der Waals surface area contributed by atoms with Gasteiger partial charge in [-0.2, -0.15) is 0 Å². The van der Waals surface area contributed by atoms with E-state index in [1.54, 1.807) is 0 Å². The molecule has 0 aromatic heterocycles. The molecular formula is C15H24N2. The van der Waals surface area contributed by atoms with Gasteiger partial charge in [0.05, 0.1) is 0 Å². The summed E-state index contributed by atoms with van der Waals surface area (Å²) in [5, 5.41) is 0. The molecule has 0 bridgehead atoms. The summed E-state index contributed by atoms with van der Waals surface area (Å²) in [5.74, 6) is 0. The molecule has 0 unspecified atom stereocenters. The number of piperidine rings is 1. The fourth-order valence-electron chi connectivity index (χ4n) is 2.66. The molecule has 0 amide bonds. The molecular weight excluding hydrogens is 208 g/mol. The van der Waals surface area contributed by atoms with E-state index in [0.29, 0.717) is 6.04 Å². The molecule has 1 saturated heterocycles. The SMILES string of the molecule is CC(C)N1CCC(N)(Cc2ccccc2)CC1. The van der Waals surface area contributed by atoms with Crippen molar-refractivity contribution < 1.29 is 0 Å². The van der Waals surface area contributed by atoms with E-state index in [-0.39, 0.29) is 5.54 Å². The second kappa shape index (κ2) is 5.19. The number of nitrogens with zero attached hydrogens (tertiary/aromatic N) is 1. The molecule has 0 saturated carbocycles. The van der Waals surface area contributed by atoms with Gasteiger partial charge in [-0.05, 0) is 38.7 Å². The van der Waals surface area contributed by atoms with Crippen molar-refractivity contribution >= 4 is 0 Å².